The van der Waals surface area contributed by atoms with Crippen LogP contribution in [0, 0.1) is 11.5 Å². The second-order valence-electron chi connectivity index (χ2n) is 3.00. The van der Waals surface area contributed by atoms with Crippen molar-refractivity contribution in [2.75, 3.05) is 27.2 Å². The summed E-state index contributed by atoms with van der Waals surface area (Å²) in [6, 6.07) is 0.319. The monoisotopic (exact) mass is 155 g/mol. The van der Waals surface area contributed by atoms with E-state index in [-0.39, 0.29) is 0 Å². The quantitative estimate of drug-likeness (QED) is 0.443. The fourth-order valence-corrected chi connectivity index (χ4v) is 1.11. The van der Waals surface area contributed by atoms with Crippen LogP contribution < -0.4 is 0 Å². The first kappa shape index (κ1) is 10.2. The molecule has 0 aromatic heterocycles. The number of nitrogens with zero attached hydrogens (tertiary/aromatic N) is 3. The molecule has 64 valence electrons. The molecule has 0 aliphatic carbocycles. The summed E-state index contributed by atoms with van der Waals surface area (Å²) in [6.45, 7) is 5.79. The second-order valence-corrected chi connectivity index (χ2v) is 3.00. The third-order valence-electron chi connectivity index (χ3n) is 1.63. The van der Waals surface area contributed by atoms with E-state index in [4.69, 9.17) is 5.26 Å². The topological polar surface area (TPSA) is 30.3 Å². The number of likely N-dealkylation sites (N-methyl/N-ethyl adjacent to an activating group) is 2. The van der Waals surface area contributed by atoms with Crippen molar-refractivity contribution in [3.05, 3.63) is 0 Å². The van der Waals surface area contributed by atoms with E-state index in [2.05, 4.69) is 18.0 Å². The minimum absolute atomic E-state index is 0.319. The summed E-state index contributed by atoms with van der Waals surface area (Å²) < 4.78 is 0. The summed E-state index contributed by atoms with van der Waals surface area (Å²) in [5.74, 6) is 0. The lowest BCUT2D eigenvalue weighted by atomic mass is 10.3. The number of hydrogen-bond donors (Lipinski definition) is 0. The zero-order valence-corrected chi connectivity index (χ0v) is 7.83. The van der Waals surface area contributed by atoms with Crippen molar-refractivity contribution >= 4 is 0 Å². The third-order valence-corrected chi connectivity index (χ3v) is 1.63. The Bertz CT molecular complexity index is 137. The summed E-state index contributed by atoms with van der Waals surface area (Å²) in [4.78, 5) is 3.87. The molecule has 0 saturated carbocycles. The van der Waals surface area contributed by atoms with E-state index in [0.29, 0.717) is 6.04 Å². The fraction of sp³-hybridized carbons (Fsp3) is 0.875. The molecule has 0 bridgehead atoms. The lowest BCUT2D eigenvalue weighted by Crippen LogP contribution is -2.36. The van der Waals surface area contributed by atoms with Gasteiger partial charge in [0.1, 0.15) is 0 Å². The summed E-state index contributed by atoms with van der Waals surface area (Å²) in [7, 11) is 4.03. The molecule has 3 heteroatoms. The summed E-state index contributed by atoms with van der Waals surface area (Å²) in [5, 5.41) is 8.67. The molecule has 0 spiro atoms. The maximum atomic E-state index is 8.67. The van der Waals surface area contributed by atoms with Gasteiger partial charge in [-0.05, 0) is 27.9 Å². The maximum absolute atomic E-state index is 8.67. The van der Waals surface area contributed by atoms with Crippen molar-refractivity contribution in [1.29, 1.82) is 5.26 Å². The molecule has 0 rings (SSSR count). The Morgan fingerprint density at radius 2 is 2.00 bits per heavy atom. The van der Waals surface area contributed by atoms with Crippen LogP contribution in [0.4, 0.5) is 0 Å². The average Bonchev–Trinajstić information content (AvgIpc) is 1.88. The largest absolute Gasteiger partial charge is 0.307 e. The van der Waals surface area contributed by atoms with Crippen LogP contribution in [-0.4, -0.2) is 43.0 Å². The van der Waals surface area contributed by atoms with Crippen LogP contribution in [0.25, 0.3) is 0 Å². The van der Waals surface area contributed by atoms with Gasteiger partial charge in [0.25, 0.3) is 0 Å². The minimum atomic E-state index is 0.319. The third kappa shape index (κ3) is 3.84. The Balaban J connectivity index is 3.81. The molecule has 0 aromatic carbocycles. The Labute approximate surface area is 69.2 Å². The molecule has 0 saturated heterocycles. The first-order valence-electron chi connectivity index (χ1n) is 3.93. The van der Waals surface area contributed by atoms with E-state index in [1.165, 1.54) is 0 Å². The van der Waals surface area contributed by atoms with Gasteiger partial charge in [0, 0.05) is 19.1 Å². The van der Waals surface area contributed by atoms with Gasteiger partial charge in [-0.1, -0.05) is 0 Å². The smallest absolute Gasteiger partial charge is 0.179 e. The van der Waals surface area contributed by atoms with Crippen LogP contribution in [-0.2, 0) is 0 Å². The molecule has 1 atom stereocenters. The van der Waals surface area contributed by atoms with Gasteiger partial charge in [-0.3, -0.25) is 0 Å². The molecule has 0 heterocycles. The summed E-state index contributed by atoms with van der Waals surface area (Å²) in [5.41, 5.74) is 0. The summed E-state index contributed by atoms with van der Waals surface area (Å²) >= 11 is 0. The zero-order valence-electron chi connectivity index (χ0n) is 7.83. The molecule has 1 unspecified atom stereocenters. The fourth-order valence-electron chi connectivity index (χ4n) is 1.11. The van der Waals surface area contributed by atoms with Crippen LogP contribution in [0.5, 0.6) is 0 Å². The molecule has 0 aliphatic rings. The highest BCUT2D eigenvalue weighted by Gasteiger charge is 2.09. The zero-order chi connectivity index (χ0) is 8.85. The number of rotatable bonds is 4. The van der Waals surface area contributed by atoms with Gasteiger partial charge >= 0.3 is 0 Å². The van der Waals surface area contributed by atoms with E-state index in [1.807, 2.05) is 21.0 Å². The van der Waals surface area contributed by atoms with E-state index in [0.717, 1.165) is 13.1 Å². The molecular formula is C8H17N3. The van der Waals surface area contributed by atoms with Gasteiger partial charge in [0.15, 0.2) is 6.19 Å². The van der Waals surface area contributed by atoms with Crippen molar-refractivity contribution in [2.45, 2.75) is 19.9 Å². The van der Waals surface area contributed by atoms with E-state index < -0.39 is 0 Å². The van der Waals surface area contributed by atoms with Gasteiger partial charge in [0.05, 0.1) is 0 Å². The van der Waals surface area contributed by atoms with Crippen LogP contribution in [0.3, 0.4) is 0 Å². The van der Waals surface area contributed by atoms with Gasteiger partial charge in [0.2, 0.25) is 0 Å². The SMILES string of the molecule is CCN(C#N)C(C)CN(C)C. The second kappa shape index (κ2) is 4.97. The Hall–Kier alpha value is -0.750. The molecule has 0 fully saturated rings. The van der Waals surface area contributed by atoms with Crippen molar-refractivity contribution < 1.29 is 0 Å². The molecular weight excluding hydrogens is 138 g/mol. The lowest BCUT2D eigenvalue weighted by molar-refractivity contribution is 0.250. The van der Waals surface area contributed by atoms with Crippen LogP contribution in [0.2, 0.25) is 0 Å². The van der Waals surface area contributed by atoms with Gasteiger partial charge in [-0.15, -0.1) is 0 Å². The van der Waals surface area contributed by atoms with E-state index in [9.17, 15) is 0 Å². The Morgan fingerprint density at radius 1 is 1.45 bits per heavy atom. The van der Waals surface area contributed by atoms with Crippen molar-refractivity contribution in [3.8, 4) is 6.19 Å². The van der Waals surface area contributed by atoms with Crippen LogP contribution >= 0.6 is 0 Å². The van der Waals surface area contributed by atoms with Crippen molar-refractivity contribution in [2.24, 2.45) is 0 Å². The standard InChI is InChI=1S/C8H17N3/c1-5-11(7-9)8(2)6-10(3)4/h8H,5-6H2,1-4H3. The van der Waals surface area contributed by atoms with Crippen molar-refractivity contribution in [1.82, 2.24) is 9.80 Å². The molecule has 0 amide bonds. The number of nitriles is 1. The molecule has 0 radical (unpaired) electrons. The van der Waals surface area contributed by atoms with Crippen LogP contribution in [0.15, 0.2) is 0 Å². The highest BCUT2D eigenvalue weighted by Crippen LogP contribution is 1.96. The lowest BCUT2D eigenvalue weighted by Gasteiger charge is -2.24. The van der Waals surface area contributed by atoms with Crippen LogP contribution in [0.1, 0.15) is 13.8 Å². The van der Waals surface area contributed by atoms with E-state index in [1.54, 1.807) is 4.90 Å². The minimum Gasteiger partial charge on any atom is -0.307 e. The van der Waals surface area contributed by atoms with E-state index >= 15 is 0 Å². The first-order valence-corrected chi connectivity index (χ1v) is 3.93. The van der Waals surface area contributed by atoms with Crippen molar-refractivity contribution in [3.63, 3.8) is 0 Å². The highest BCUT2D eigenvalue weighted by atomic mass is 15.2. The number of hydrogen-bond acceptors (Lipinski definition) is 3. The molecule has 0 aliphatic heterocycles. The predicted molar refractivity (Wildman–Crippen MR) is 46.0 cm³/mol. The first-order chi connectivity index (χ1) is 5.11. The maximum Gasteiger partial charge on any atom is 0.179 e. The van der Waals surface area contributed by atoms with Gasteiger partial charge < -0.3 is 9.80 Å². The molecule has 11 heavy (non-hydrogen) atoms. The Morgan fingerprint density at radius 3 is 2.27 bits per heavy atom. The molecule has 0 aromatic rings. The average molecular weight is 155 g/mol. The highest BCUT2D eigenvalue weighted by molar-refractivity contribution is 4.79. The van der Waals surface area contributed by atoms with Gasteiger partial charge in [-0.25, -0.2) is 0 Å². The summed E-state index contributed by atoms with van der Waals surface area (Å²) in [6.07, 6.45) is 2.16. The molecule has 0 N–H and O–H groups in total. The Kier molecular flexibility index (Phi) is 4.64. The normalized spacial score (nSPS) is 12.7. The predicted octanol–water partition coefficient (Wildman–Crippen LogP) is 0.739. The molecule has 3 nitrogen and oxygen atoms in total. The van der Waals surface area contributed by atoms with Gasteiger partial charge in [-0.2, -0.15) is 5.26 Å².